The highest BCUT2D eigenvalue weighted by molar-refractivity contribution is 5.03. The van der Waals surface area contributed by atoms with E-state index in [0.29, 0.717) is 48.8 Å². The van der Waals surface area contributed by atoms with Gasteiger partial charge in [-0.2, -0.15) is 0 Å². The lowest BCUT2D eigenvalue weighted by Gasteiger charge is -2.01. The average Bonchev–Trinajstić information content (AvgIpc) is 4.10. The molecular weight excluding hydrogens is 925 g/mol. The molecule has 6 saturated heterocycles. The van der Waals surface area contributed by atoms with Crippen LogP contribution in [-0.2, 0) is 28.4 Å². The number of rotatable bonds is 0. The predicted octanol–water partition coefficient (Wildman–Crippen LogP) is 22.9. The summed E-state index contributed by atoms with van der Waals surface area (Å²) in [6.45, 7) is 63.0. The lowest BCUT2D eigenvalue weighted by Crippen LogP contribution is -2.04. The highest BCUT2D eigenvalue weighted by atomic mass is 16.6. The summed E-state index contributed by atoms with van der Waals surface area (Å²) < 4.78 is 31.1. The van der Waals surface area contributed by atoms with Gasteiger partial charge in [-0.05, 0) is 106 Å². The van der Waals surface area contributed by atoms with Gasteiger partial charge in [0.05, 0.1) is 73.2 Å². The topological polar surface area (TPSA) is 75.2 Å². The zero-order valence-electron chi connectivity index (χ0n) is 57.7. The first-order valence-corrected chi connectivity index (χ1v) is 33.6. The quantitative estimate of drug-likeness (QED) is 0.225. The van der Waals surface area contributed by atoms with Gasteiger partial charge in [-0.25, -0.2) is 0 Å². The summed E-state index contributed by atoms with van der Waals surface area (Å²) >= 11 is 0. The Labute approximate surface area is 477 Å². The number of fused-ring (bicyclic) bond motifs is 6. The number of hydrogen-bond donors (Lipinski definition) is 0. The van der Waals surface area contributed by atoms with Crippen molar-refractivity contribution in [2.45, 2.75) is 416 Å². The summed E-state index contributed by atoms with van der Waals surface area (Å²) in [5, 5.41) is 0. The summed E-state index contributed by atoms with van der Waals surface area (Å²) in [5.74, 6) is 5.00. The van der Waals surface area contributed by atoms with Crippen LogP contribution in [0.4, 0.5) is 0 Å². The molecule has 462 valence electrons. The zero-order chi connectivity index (χ0) is 59.5. The summed E-state index contributed by atoms with van der Waals surface area (Å²) in [5.41, 5.74) is 0. The Morgan fingerprint density at radius 2 is 0.280 bits per heavy atom. The molecule has 12 atom stereocenters. The first-order valence-electron chi connectivity index (χ1n) is 33.6. The highest BCUT2D eigenvalue weighted by Crippen LogP contribution is 2.46. The van der Waals surface area contributed by atoms with E-state index >= 15 is 0 Å². The fraction of sp³-hybridized carbons (Fsp3) is 1.00. The second-order valence-corrected chi connectivity index (χ2v) is 24.3. The van der Waals surface area contributed by atoms with Crippen LogP contribution in [0.3, 0.4) is 0 Å². The fourth-order valence-corrected chi connectivity index (χ4v) is 6.94. The number of ether oxygens (including phenoxy) is 6. The highest BCUT2D eigenvalue weighted by Gasteiger charge is 2.56. The van der Waals surface area contributed by atoms with Crippen molar-refractivity contribution >= 4 is 0 Å². The minimum atomic E-state index is 0.685. The van der Waals surface area contributed by atoms with E-state index in [-0.39, 0.29) is 0 Å². The Morgan fingerprint density at radius 3 is 0.387 bits per heavy atom. The fourth-order valence-electron chi connectivity index (χ4n) is 6.94. The predicted molar refractivity (Wildman–Crippen MR) is 340 cm³/mol. The molecule has 0 aromatic rings. The molecule has 6 saturated carbocycles. The van der Waals surface area contributed by atoms with E-state index in [0.717, 1.165) is 59.9 Å². The minimum Gasteiger partial charge on any atom is -0.370 e. The van der Waals surface area contributed by atoms with Crippen LogP contribution in [-0.4, -0.2) is 73.2 Å². The van der Waals surface area contributed by atoms with Gasteiger partial charge in [0.2, 0.25) is 0 Å². The van der Waals surface area contributed by atoms with E-state index in [1.807, 2.05) is 83.1 Å². The van der Waals surface area contributed by atoms with Crippen LogP contribution in [0, 0.1) is 35.5 Å². The standard InChI is InChI=1S/C8H14O.C7H12O.C6H10O.C5H8O.C4H6O.6C4H10.C3H4O.6C2H6/c1-2-4-6-8-7(9-8)5-3-1;1-2-4-6-7(8-6)5-3-1;1-2-4-6-5(3-1)7-6;1-2-4-5(3-1)6-4;1-2-4-3(1)5-4;6*1-4(2)3;1-2-3(1)4-2;6*1-2/h7-8H,1-6H2;6-7H,1-5H2;5-6H,1-4H2;4-5H,1-3H2;3-4H,1-2H2;6*4H,1-3H3;2-3H,1H2;6*1-2H3. The molecule has 12 rings (SSSR count). The monoisotopic (exact) mass is 1080 g/mol. The van der Waals surface area contributed by atoms with Gasteiger partial charge in [0.1, 0.15) is 0 Å². The molecule has 0 aromatic carbocycles. The van der Waals surface area contributed by atoms with Crippen molar-refractivity contribution in [3.63, 3.8) is 0 Å². The third-order valence-corrected chi connectivity index (χ3v) is 10.5. The molecule has 0 spiro atoms. The first-order chi connectivity index (χ1) is 35.7. The Kier molecular flexibility index (Phi) is 68.7. The van der Waals surface area contributed by atoms with Crippen LogP contribution in [0.5, 0.6) is 0 Å². The van der Waals surface area contributed by atoms with E-state index in [1.54, 1.807) is 0 Å². The molecule has 0 aromatic heterocycles. The number of hydrogen-bond acceptors (Lipinski definition) is 6. The normalized spacial score (nSPS) is 29.3. The Morgan fingerprint density at radius 1 is 0.173 bits per heavy atom. The molecule has 0 N–H and O–H groups in total. The van der Waals surface area contributed by atoms with E-state index in [2.05, 4.69) is 125 Å². The van der Waals surface area contributed by atoms with Crippen molar-refractivity contribution in [2.75, 3.05) is 0 Å². The molecule has 12 aliphatic rings. The second kappa shape index (κ2) is 59.9. The molecule has 6 nitrogen and oxygen atoms in total. The van der Waals surface area contributed by atoms with Gasteiger partial charge in [-0.3, -0.25) is 0 Å². The van der Waals surface area contributed by atoms with Crippen LogP contribution in [0.25, 0.3) is 0 Å². The summed E-state index contributed by atoms with van der Waals surface area (Å²) in [6, 6.07) is 0. The van der Waals surface area contributed by atoms with Gasteiger partial charge >= 0.3 is 0 Å². The lowest BCUT2D eigenvalue weighted by molar-refractivity contribution is 0.295. The van der Waals surface area contributed by atoms with Crippen molar-refractivity contribution in [2.24, 2.45) is 35.5 Å². The van der Waals surface area contributed by atoms with E-state index in [1.165, 1.54) is 135 Å². The molecule has 6 aliphatic carbocycles. The molecule has 0 bridgehead atoms. The Bertz CT molecular complexity index is 918. The maximum atomic E-state index is 5.44. The summed E-state index contributed by atoms with van der Waals surface area (Å²) in [6.07, 6.45) is 37.4. The molecule has 75 heavy (non-hydrogen) atoms. The molecular formula is C69H150O6. The zero-order valence-corrected chi connectivity index (χ0v) is 57.7. The van der Waals surface area contributed by atoms with Crippen molar-refractivity contribution < 1.29 is 28.4 Å². The smallest absolute Gasteiger partial charge is 0.0868 e. The van der Waals surface area contributed by atoms with Gasteiger partial charge in [0, 0.05) is 6.42 Å². The van der Waals surface area contributed by atoms with Crippen molar-refractivity contribution in [1.82, 2.24) is 0 Å². The van der Waals surface area contributed by atoms with Gasteiger partial charge in [0.25, 0.3) is 0 Å². The molecule has 0 radical (unpaired) electrons. The van der Waals surface area contributed by atoms with Gasteiger partial charge in [0.15, 0.2) is 0 Å². The lowest BCUT2D eigenvalue weighted by atomic mass is 10.0. The minimum absolute atomic E-state index is 0.685. The molecule has 6 heteroatoms. The van der Waals surface area contributed by atoms with Crippen LogP contribution in [0.15, 0.2) is 0 Å². The first kappa shape index (κ1) is 86.0. The van der Waals surface area contributed by atoms with Gasteiger partial charge < -0.3 is 28.4 Å². The van der Waals surface area contributed by atoms with Crippen molar-refractivity contribution in [3.05, 3.63) is 0 Å². The largest absolute Gasteiger partial charge is 0.370 e. The third-order valence-electron chi connectivity index (χ3n) is 10.5. The van der Waals surface area contributed by atoms with E-state index in [4.69, 9.17) is 28.4 Å². The van der Waals surface area contributed by atoms with Crippen molar-refractivity contribution in [3.8, 4) is 0 Å². The van der Waals surface area contributed by atoms with Crippen molar-refractivity contribution in [1.29, 1.82) is 0 Å². The Balaban J connectivity index is -0.000000172. The molecule has 12 fully saturated rings. The van der Waals surface area contributed by atoms with Crippen LogP contribution >= 0.6 is 0 Å². The maximum absolute atomic E-state index is 5.44. The molecule has 0 amide bonds. The third kappa shape index (κ3) is 71.7. The van der Waals surface area contributed by atoms with Gasteiger partial charge in [-0.15, -0.1) is 0 Å². The number of epoxide rings is 6. The average molecular weight is 1080 g/mol. The van der Waals surface area contributed by atoms with E-state index < -0.39 is 0 Å². The summed E-state index contributed by atoms with van der Waals surface area (Å²) in [7, 11) is 0. The van der Waals surface area contributed by atoms with E-state index in [9.17, 15) is 0 Å². The van der Waals surface area contributed by atoms with Crippen LogP contribution in [0.1, 0.15) is 343 Å². The maximum Gasteiger partial charge on any atom is 0.0868 e. The summed E-state index contributed by atoms with van der Waals surface area (Å²) in [4.78, 5) is 0. The molecule has 6 aliphatic heterocycles. The molecule has 12 unspecified atom stereocenters. The molecule has 6 heterocycles. The Hall–Kier alpha value is -0.240. The van der Waals surface area contributed by atoms with Crippen LogP contribution < -0.4 is 0 Å². The second-order valence-electron chi connectivity index (χ2n) is 24.3. The SMILES string of the molecule is C1C2OC12.C1CC2OC12.C1CC2OC2C1.C1CCC2OC2C1.C1CCC2OC2CC1.C1CCCC2OC2CC1.CC.CC.CC.CC.CC.CC.CC(C)C.CC(C)C.CC(C)C.CC(C)C.CC(C)C.CC(C)C. The van der Waals surface area contributed by atoms with Crippen LogP contribution in [0.2, 0.25) is 0 Å². The van der Waals surface area contributed by atoms with Gasteiger partial charge in [-0.1, -0.05) is 265 Å².